The van der Waals surface area contributed by atoms with Gasteiger partial charge in [0.15, 0.2) is 0 Å². The van der Waals surface area contributed by atoms with Gasteiger partial charge >= 0.3 is 0 Å². The maximum absolute atomic E-state index is 11.8. The molecule has 2 amide bonds. The second kappa shape index (κ2) is 6.78. The quantitative estimate of drug-likeness (QED) is 0.390. The fraction of sp³-hybridized carbons (Fsp3) is 0.364. The number of aliphatic hydroxyl groups excluding tert-OH is 3. The molecule has 104 valence electrons. The van der Waals surface area contributed by atoms with Crippen LogP contribution in [0.15, 0.2) is 18.5 Å². The van der Waals surface area contributed by atoms with Crippen LogP contribution in [0.4, 0.5) is 0 Å². The predicted octanol–water partition coefficient (Wildman–Crippen LogP) is -2.38. The number of nitrogens with one attached hydrogen (secondary N) is 1. The topological polar surface area (TPSA) is 146 Å². The van der Waals surface area contributed by atoms with Gasteiger partial charge in [-0.15, -0.1) is 0 Å². The number of hydrogen-bond acceptors (Lipinski definition) is 6. The highest BCUT2D eigenvalue weighted by molar-refractivity contribution is 5.98. The van der Waals surface area contributed by atoms with Crippen LogP contribution in [0.3, 0.4) is 0 Å². The Bertz CT molecular complexity index is 465. The molecule has 0 spiro atoms. The van der Waals surface area contributed by atoms with Crippen LogP contribution in [-0.2, 0) is 0 Å². The molecule has 1 aromatic heterocycles. The Balaban J connectivity index is 2.82. The molecule has 1 aromatic rings. The number of nitrogens with two attached hydrogens (primary N) is 1. The molecule has 2 atom stereocenters. The van der Waals surface area contributed by atoms with E-state index < -0.39 is 37.2 Å². The van der Waals surface area contributed by atoms with E-state index in [1.54, 1.807) is 0 Å². The molecule has 0 radical (unpaired) electrons. The zero-order chi connectivity index (χ0) is 14.4. The molecule has 19 heavy (non-hydrogen) atoms. The summed E-state index contributed by atoms with van der Waals surface area (Å²) in [6.45, 7) is -1.15. The molecular formula is C11H15N3O5. The van der Waals surface area contributed by atoms with Gasteiger partial charge in [-0.2, -0.15) is 0 Å². The van der Waals surface area contributed by atoms with Gasteiger partial charge in [-0.3, -0.25) is 14.6 Å². The molecule has 6 N–H and O–H groups in total. The van der Waals surface area contributed by atoms with E-state index in [4.69, 9.17) is 15.9 Å². The highest BCUT2D eigenvalue weighted by Crippen LogP contribution is 2.03. The Labute approximate surface area is 108 Å². The van der Waals surface area contributed by atoms with Crippen molar-refractivity contribution in [1.82, 2.24) is 10.3 Å². The van der Waals surface area contributed by atoms with Crippen molar-refractivity contribution in [2.45, 2.75) is 12.1 Å². The number of carbonyl (C=O) groups is 2. The van der Waals surface area contributed by atoms with Crippen LogP contribution < -0.4 is 11.1 Å². The van der Waals surface area contributed by atoms with Gasteiger partial charge in [0.25, 0.3) is 5.91 Å². The molecule has 0 aliphatic heterocycles. The first-order valence-electron chi connectivity index (χ1n) is 5.45. The Hall–Kier alpha value is -2.03. The standard InChI is InChI=1S/C11H15N3O5/c12-10(18)6-1-7(3-13-2-6)11(19)14-8(4-15)9(17)5-16/h1-3,8-9,15-17H,4-5H2,(H2,12,18)(H,14,19). The average Bonchev–Trinajstić information content (AvgIpc) is 2.43. The van der Waals surface area contributed by atoms with Crippen molar-refractivity contribution >= 4 is 11.8 Å². The van der Waals surface area contributed by atoms with Crippen LogP contribution in [0.2, 0.25) is 0 Å². The lowest BCUT2D eigenvalue weighted by Crippen LogP contribution is -2.47. The number of aliphatic hydroxyl groups is 3. The second-order valence-electron chi connectivity index (χ2n) is 3.84. The lowest BCUT2D eigenvalue weighted by molar-refractivity contribution is 0.0389. The van der Waals surface area contributed by atoms with Crippen LogP contribution >= 0.6 is 0 Å². The molecule has 8 nitrogen and oxygen atoms in total. The van der Waals surface area contributed by atoms with Crippen LogP contribution in [0.5, 0.6) is 0 Å². The van der Waals surface area contributed by atoms with Crippen molar-refractivity contribution < 1.29 is 24.9 Å². The first-order chi connectivity index (χ1) is 8.99. The maximum atomic E-state index is 11.8. The third kappa shape index (κ3) is 3.98. The van der Waals surface area contributed by atoms with E-state index >= 15 is 0 Å². The lowest BCUT2D eigenvalue weighted by atomic mass is 10.1. The van der Waals surface area contributed by atoms with Crippen molar-refractivity contribution in [2.75, 3.05) is 13.2 Å². The van der Waals surface area contributed by atoms with Gasteiger partial charge in [-0.1, -0.05) is 0 Å². The molecule has 0 fully saturated rings. The van der Waals surface area contributed by atoms with Crippen LogP contribution in [0.25, 0.3) is 0 Å². The van der Waals surface area contributed by atoms with Crippen molar-refractivity contribution in [2.24, 2.45) is 5.73 Å². The van der Waals surface area contributed by atoms with Crippen LogP contribution in [-0.4, -0.2) is 57.5 Å². The van der Waals surface area contributed by atoms with E-state index in [1.807, 2.05) is 0 Å². The minimum Gasteiger partial charge on any atom is -0.394 e. The van der Waals surface area contributed by atoms with Gasteiger partial charge in [0.2, 0.25) is 5.91 Å². The molecule has 0 saturated carbocycles. The molecule has 1 heterocycles. The van der Waals surface area contributed by atoms with E-state index in [0.717, 1.165) is 0 Å². The van der Waals surface area contributed by atoms with E-state index in [1.165, 1.54) is 18.5 Å². The zero-order valence-electron chi connectivity index (χ0n) is 9.98. The predicted molar refractivity (Wildman–Crippen MR) is 64.2 cm³/mol. The number of carbonyl (C=O) groups excluding carboxylic acids is 2. The Morgan fingerprint density at radius 3 is 2.42 bits per heavy atom. The SMILES string of the molecule is NC(=O)c1cncc(C(=O)NC(CO)C(O)CO)c1. The van der Waals surface area contributed by atoms with Gasteiger partial charge in [0.1, 0.15) is 0 Å². The second-order valence-corrected chi connectivity index (χ2v) is 3.84. The van der Waals surface area contributed by atoms with E-state index in [-0.39, 0.29) is 11.1 Å². The van der Waals surface area contributed by atoms with Gasteiger partial charge < -0.3 is 26.4 Å². The van der Waals surface area contributed by atoms with Gasteiger partial charge in [-0.25, -0.2) is 0 Å². The first-order valence-corrected chi connectivity index (χ1v) is 5.45. The normalized spacial score (nSPS) is 13.6. The molecule has 1 rings (SSSR count). The molecule has 0 saturated heterocycles. The number of aromatic nitrogens is 1. The van der Waals surface area contributed by atoms with Crippen molar-refractivity contribution in [3.63, 3.8) is 0 Å². The molecule has 8 heteroatoms. The van der Waals surface area contributed by atoms with Gasteiger partial charge in [0.05, 0.1) is 36.5 Å². The number of primary amides is 1. The highest BCUT2D eigenvalue weighted by Gasteiger charge is 2.21. The van der Waals surface area contributed by atoms with Crippen molar-refractivity contribution in [3.05, 3.63) is 29.6 Å². The number of hydrogen-bond donors (Lipinski definition) is 5. The van der Waals surface area contributed by atoms with Crippen molar-refractivity contribution in [3.8, 4) is 0 Å². The number of pyridine rings is 1. The largest absolute Gasteiger partial charge is 0.394 e. The molecule has 0 aliphatic carbocycles. The molecule has 2 unspecified atom stereocenters. The van der Waals surface area contributed by atoms with E-state index in [9.17, 15) is 14.7 Å². The average molecular weight is 269 g/mol. The summed E-state index contributed by atoms with van der Waals surface area (Å²) < 4.78 is 0. The minimum atomic E-state index is -1.29. The van der Waals surface area contributed by atoms with E-state index in [0.29, 0.717) is 0 Å². The molecule has 0 aromatic carbocycles. The summed E-state index contributed by atoms with van der Waals surface area (Å²) in [5.41, 5.74) is 5.18. The lowest BCUT2D eigenvalue weighted by Gasteiger charge is -2.20. The minimum absolute atomic E-state index is 0.0555. The summed E-state index contributed by atoms with van der Waals surface area (Å²) >= 11 is 0. The summed E-state index contributed by atoms with van der Waals surface area (Å²) in [6.07, 6.45) is 1.13. The van der Waals surface area contributed by atoms with Gasteiger partial charge in [-0.05, 0) is 6.07 Å². The molecule has 0 aliphatic rings. The fourth-order valence-corrected chi connectivity index (χ4v) is 1.34. The summed E-state index contributed by atoms with van der Waals surface area (Å²) in [6, 6.07) is 0.222. The van der Waals surface area contributed by atoms with Crippen molar-refractivity contribution in [1.29, 1.82) is 0 Å². The summed E-state index contributed by atoms with van der Waals surface area (Å²) in [4.78, 5) is 26.4. The molecular weight excluding hydrogens is 254 g/mol. The molecule has 0 bridgehead atoms. The summed E-state index contributed by atoms with van der Waals surface area (Å²) in [7, 11) is 0. The third-order valence-corrected chi connectivity index (χ3v) is 2.45. The number of nitrogens with zero attached hydrogens (tertiary/aromatic N) is 1. The smallest absolute Gasteiger partial charge is 0.253 e. The van der Waals surface area contributed by atoms with E-state index in [2.05, 4.69) is 10.3 Å². The summed E-state index contributed by atoms with van der Waals surface area (Å²) in [5, 5.41) is 29.4. The Kier molecular flexibility index (Phi) is 5.37. The maximum Gasteiger partial charge on any atom is 0.253 e. The zero-order valence-corrected chi connectivity index (χ0v) is 9.98. The highest BCUT2D eigenvalue weighted by atomic mass is 16.3. The van der Waals surface area contributed by atoms with Crippen LogP contribution in [0, 0.1) is 0 Å². The summed E-state index contributed by atoms with van der Waals surface area (Å²) in [5.74, 6) is -1.38. The van der Waals surface area contributed by atoms with Crippen LogP contribution in [0.1, 0.15) is 20.7 Å². The Morgan fingerprint density at radius 2 is 1.89 bits per heavy atom. The fourth-order valence-electron chi connectivity index (χ4n) is 1.34. The Morgan fingerprint density at radius 1 is 1.26 bits per heavy atom. The number of rotatable bonds is 6. The number of amides is 2. The first kappa shape index (κ1) is 15.0. The third-order valence-electron chi connectivity index (χ3n) is 2.45. The monoisotopic (exact) mass is 269 g/mol. The van der Waals surface area contributed by atoms with Gasteiger partial charge in [0, 0.05) is 12.4 Å².